The number of benzene rings is 2. The summed E-state index contributed by atoms with van der Waals surface area (Å²) < 4.78 is 27.7. The molecule has 1 heterocycles. The number of anilines is 1. The third-order valence-corrected chi connectivity index (χ3v) is 9.77. The van der Waals surface area contributed by atoms with Crippen molar-refractivity contribution in [1.29, 1.82) is 0 Å². The van der Waals surface area contributed by atoms with E-state index in [0.717, 1.165) is 48.1 Å². The van der Waals surface area contributed by atoms with Crippen LogP contribution in [0, 0.1) is 5.41 Å². The van der Waals surface area contributed by atoms with E-state index < -0.39 is 27.3 Å². The van der Waals surface area contributed by atoms with Gasteiger partial charge in [-0.25, -0.2) is 8.42 Å². The lowest BCUT2D eigenvalue weighted by Crippen LogP contribution is -2.43. The molecule has 0 aliphatic carbocycles. The average Bonchev–Trinajstić information content (AvgIpc) is 2.87. The lowest BCUT2D eigenvalue weighted by atomic mass is 9.68. The number of halogens is 1. The Morgan fingerprint density at radius 3 is 2.30 bits per heavy atom. The van der Waals surface area contributed by atoms with Crippen molar-refractivity contribution in [2.45, 2.75) is 74.6 Å². The van der Waals surface area contributed by atoms with Gasteiger partial charge in [0.15, 0.2) is 9.84 Å². The van der Waals surface area contributed by atoms with Gasteiger partial charge in [0.25, 0.3) is 0 Å². The molecule has 1 aliphatic rings. The Balaban J connectivity index is 2.32. The van der Waals surface area contributed by atoms with Gasteiger partial charge in [0.05, 0.1) is 16.8 Å². The standard InChI is InChI=1S/C27H38BrNO3S/c1-5-7-14-27(15-8-6-2)19-33(31,32)24-13-12-22(29(3)4)17-23(24)25(26(27)30)21-11-9-10-20(16-21)18-28/h9-13,16-17,25-26,30H,5-8,14-15,18-19H2,1-4H3/t25-,26?/m1/s1. The van der Waals surface area contributed by atoms with Gasteiger partial charge in [-0.1, -0.05) is 79.7 Å². The molecule has 0 saturated heterocycles. The van der Waals surface area contributed by atoms with Crippen LogP contribution in [-0.2, 0) is 15.2 Å². The predicted molar refractivity (Wildman–Crippen MR) is 141 cm³/mol. The largest absolute Gasteiger partial charge is 0.392 e. The van der Waals surface area contributed by atoms with E-state index in [2.05, 4.69) is 41.9 Å². The zero-order valence-electron chi connectivity index (χ0n) is 20.4. The van der Waals surface area contributed by atoms with Crippen molar-refractivity contribution in [3.63, 3.8) is 0 Å². The van der Waals surface area contributed by atoms with E-state index in [1.54, 1.807) is 6.07 Å². The summed E-state index contributed by atoms with van der Waals surface area (Å²) in [4.78, 5) is 2.36. The molecule has 182 valence electrons. The number of sulfone groups is 1. The van der Waals surface area contributed by atoms with Gasteiger partial charge in [-0.2, -0.15) is 0 Å². The van der Waals surface area contributed by atoms with Crippen molar-refractivity contribution < 1.29 is 13.5 Å². The molecule has 0 amide bonds. The molecule has 1 aliphatic heterocycles. The molecular formula is C27H38BrNO3S. The number of alkyl halides is 1. The molecule has 0 bridgehead atoms. The van der Waals surface area contributed by atoms with Crippen molar-refractivity contribution in [2.75, 3.05) is 24.7 Å². The number of rotatable bonds is 9. The van der Waals surface area contributed by atoms with Gasteiger partial charge in [0.1, 0.15) is 0 Å². The Morgan fingerprint density at radius 1 is 1.06 bits per heavy atom. The topological polar surface area (TPSA) is 57.6 Å². The smallest absolute Gasteiger partial charge is 0.179 e. The minimum Gasteiger partial charge on any atom is -0.392 e. The second-order valence-electron chi connectivity index (χ2n) is 9.75. The maximum Gasteiger partial charge on any atom is 0.179 e. The summed E-state index contributed by atoms with van der Waals surface area (Å²) in [5.74, 6) is -0.394. The van der Waals surface area contributed by atoms with Gasteiger partial charge in [-0.3, -0.25) is 0 Å². The molecule has 0 fully saturated rings. The zero-order valence-corrected chi connectivity index (χ0v) is 22.8. The second kappa shape index (κ2) is 10.9. The number of hydrogen-bond acceptors (Lipinski definition) is 4. The minimum absolute atomic E-state index is 0.00408. The summed E-state index contributed by atoms with van der Waals surface area (Å²) in [5, 5.41) is 12.9. The number of unbranched alkanes of at least 4 members (excludes halogenated alkanes) is 2. The summed E-state index contributed by atoms with van der Waals surface area (Å²) in [6.45, 7) is 4.25. The van der Waals surface area contributed by atoms with Crippen molar-refractivity contribution in [3.05, 3.63) is 59.2 Å². The van der Waals surface area contributed by atoms with Crippen LogP contribution in [-0.4, -0.2) is 39.5 Å². The fourth-order valence-electron chi connectivity index (χ4n) is 5.26. The Bertz CT molecular complexity index is 1040. The molecule has 2 atom stereocenters. The van der Waals surface area contributed by atoms with Crippen LogP contribution in [0.25, 0.3) is 0 Å². The van der Waals surface area contributed by atoms with Crippen LogP contribution in [0.4, 0.5) is 5.69 Å². The molecule has 1 N–H and O–H groups in total. The third kappa shape index (κ3) is 5.49. The van der Waals surface area contributed by atoms with E-state index in [4.69, 9.17) is 0 Å². The van der Waals surface area contributed by atoms with E-state index in [-0.39, 0.29) is 5.75 Å². The van der Waals surface area contributed by atoms with Crippen molar-refractivity contribution >= 4 is 31.5 Å². The summed E-state index contributed by atoms with van der Waals surface area (Å²) in [7, 11) is 0.343. The molecule has 6 heteroatoms. The Labute approximate surface area is 208 Å². The van der Waals surface area contributed by atoms with Crippen LogP contribution >= 0.6 is 15.9 Å². The van der Waals surface area contributed by atoms with Gasteiger partial charge >= 0.3 is 0 Å². The van der Waals surface area contributed by atoms with Crippen molar-refractivity contribution in [3.8, 4) is 0 Å². The highest BCUT2D eigenvalue weighted by molar-refractivity contribution is 9.08. The van der Waals surface area contributed by atoms with Crippen LogP contribution < -0.4 is 4.90 Å². The molecule has 4 nitrogen and oxygen atoms in total. The van der Waals surface area contributed by atoms with Crippen LogP contribution in [0.15, 0.2) is 47.4 Å². The minimum atomic E-state index is -3.57. The van der Waals surface area contributed by atoms with E-state index >= 15 is 0 Å². The van der Waals surface area contributed by atoms with E-state index in [1.807, 2.05) is 43.3 Å². The van der Waals surface area contributed by atoms with Gasteiger partial charge in [-0.15, -0.1) is 0 Å². The first-order chi connectivity index (χ1) is 15.7. The van der Waals surface area contributed by atoms with Gasteiger partial charge in [-0.05, 0) is 47.7 Å². The number of aliphatic hydroxyl groups is 1. The zero-order chi connectivity index (χ0) is 24.2. The molecule has 3 rings (SSSR count). The lowest BCUT2D eigenvalue weighted by Gasteiger charge is -2.40. The van der Waals surface area contributed by atoms with Crippen molar-refractivity contribution in [1.82, 2.24) is 0 Å². The predicted octanol–water partition coefficient (Wildman–Crippen LogP) is 6.29. The molecule has 0 spiro atoms. The first kappa shape index (κ1) is 26.2. The molecule has 0 radical (unpaired) electrons. The third-order valence-electron chi connectivity index (χ3n) is 7.12. The molecule has 0 saturated carbocycles. The SMILES string of the molecule is CCCCC1(CCCC)CS(=O)(=O)c2ccc(N(C)C)cc2[C@@H](c2cccc(CBr)c2)C1O. The second-order valence-corrected chi connectivity index (χ2v) is 12.3. The fourth-order valence-corrected chi connectivity index (χ4v) is 7.80. The maximum absolute atomic E-state index is 13.8. The van der Waals surface area contributed by atoms with Gasteiger partial charge < -0.3 is 10.0 Å². The van der Waals surface area contributed by atoms with Crippen molar-refractivity contribution in [2.24, 2.45) is 5.41 Å². The number of nitrogens with zero attached hydrogens (tertiary/aromatic N) is 1. The quantitative estimate of drug-likeness (QED) is 0.383. The van der Waals surface area contributed by atoms with Crippen LogP contribution in [0.1, 0.15) is 75.0 Å². The summed E-state index contributed by atoms with van der Waals surface area (Å²) >= 11 is 3.55. The highest BCUT2D eigenvalue weighted by Crippen LogP contribution is 2.50. The first-order valence-corrected chi connectivity index (χ1v) is 14.8. The highest BCUT2D eigenvalue weighted by atomic mass is 79.9. The first-order valence-electron chi connectivity index (χ1n) is 12.1. The van der Waals surface area contributed by atoms with Crippen LogP contribution in [0.3, 0.4) is 0 Å². The Kier molecular flexibility index (Phi) is 8.68. The Hall–Kier alpha value is -1.37. The monoisotopic (exact) mass is 535 g/mol. The molecule has 2 aromatic carbocycles. The molecular weight excluding hydrogens is 498 g/mol. The van der Waals surface area contributed by atoms with Gasteiger partial charge in [0.2, 0.25) is 0 Å². The van der Waals surface area contributed by atoms with E-state index in [0.29, 0.717) is 23.1 Å². The van der Waals surface area contributed by atoms with Crippen LogP contribution in [0.5, 0.6) is 0 Å². The fraction of sp³-hybridized carbons (Fsp3) is 0.556. The summed E-state index contributed by atoms with van der Waals surface area (Å²) in [6.07, 6.45) is 4.41. The molecule has 1 unspecified atom stereocenters. The van der Waals surface area contributed by atoms with Crippen LogP contribution in [0.2, 0.25) is 0 Å². The molecule has 0 aromatic heterocycles. The molecule has 2 aromatic rings. The number of hydrogen-bond donors (Lipinski definition) is 1. The lowest BCUT2D eigenvalue weighted by molar-refractivity contribution is 0.0127. The average molecular weight is 537 g/mol. The summed E-state index contributed by atoms with van der Waals surface area (Å²) in [6, 6.07) is 13.8. The van der Waals surface area contributed by atoms with E-state index in [9.17, 15) is 13.5 Å². The molecule has 33 heavy (non-hydrogen) atoms. The Morgan fingerprint density at radius 2 is 1.73 bits per heavy atom. The summed E-state index contributed by atoms with van der Waals surface area (Å²) in [5.41, 5.74) is 3.08. The highest BCUT2D eigenvalue weighted by Gasteiger charge is 2.49. The number of aliphatic hydroxyl groups excluding tert-OH is 1. The van der Waals surface area contributed by atoms with E-state index in [1.165, 1.54) is 0 Å². The normalized spacial score (nSPS) is 21.3. The maximum atomic E-state index is 13.8. The van der Waals surface area contributed by atoms with Gasteiger partial charge in [0, 0.05) is 36.4 Å². The number of fused-ring (bicyclic) bond motifs is 1.